The molecule has 1 fully saturated rings. The number of halogens is 2. The summed E-state index contributed by atoms with van der Waals surface area (Å²) in [6.45, 7) is 2.07. The second-order valence-corrected chi connectivity index (χ2v) is 4.80. The number of nitrogens with one attached hydrogen (secondary N) is 1. The number of carboxylic acid groups (broad SMARTS) is 1. The molecule has 5 nitrogen and oxygen atoms in total. The van der Waals surface area contributed by atoms with Crippen molar-refractivity contribution in [2.75, 3.05) is 11.9 Å². The van der Waals surface area contributed by atoms with Crippen LogP contribution in [0.2, 0.25) is 0 Å². The lowest BCUT2D eigenvalue weighted by molar-refractivity contribution is -0.142. The van der Waals surface area contributed by atoms with Gasteiger partial charge < -0.3 is 15.3 Å². The number of carbonyl (C=O) groups excluding carboxylic acids is 1. The van der Waals surface area contributed by atoms with E-state index in [2.05, 4.69) is 5.32 Å². The van der Waals surface area contributed by atoms with E-state index in [4.69, 9.17) is 5.11 Å². The highest BCUT2D eigenvalue weighted by atomic mass is 19.2. The van der Waals surface area contributed by atoms with E-state index in [1.54, 1.807) is 6.92 Å². The summed E-state index contributed by atoms with van der Waals surface area (Å²) in [6, 6.07) is 1.42. The minimum Gasteiger partial charge on any atom is -0.480 e. The molecule has 0 saturated carbocycles. The van der Waals surface area contributed by atoms with E-state index >= 15 is 0 Å². The molecule has 20 heavy (non-hydrogen) atoms. The fourth-order valence-corrected chi connectivity index (χ4v) is 2.32. The molecule has 7 heteroatoms. The van der Waals surface area contributed by atoms with Gasteiger partial charge in [-0.25, -0.2) is 18.4 Å². The van der Waals surface area contributed by atoms with Gasteiger partial charge in [-0.15, -0.1) is 0 Å². The number of amides is 2. The van der Waals surface area contributed by atoms with E-state index in [0.29, 0.717) is 13.0 Å². The lowest BCUT2D eigenvalue weighted by Crippen LogP contribution is -2.44. The first-order valence-corrected chi connectivity index (χ1v) is 6.15. The number of aliphatic carboxylic acids is 1. The minimum atomic E-state index is -1.08. The number of carbonyl (C=O) groups is 2. The van der Waals surface area contributed by atoms with Crippen LogP contribution in [0.4, 0.5) is 19.3 Å². The molecule has 2 N–H and O–H groups in total. The smallest absolute Gasteiger partial charge is 0.326 e. The molecule has 2 rings (SSSR count). The Morgan fingerprint density at radius 2 is 2.05 bits per heavy atom. The predicted molar refractivity (Wildman–Crippen MR) is 67.3 cm³/mol. The van der Waals surface area contributed by atoms with Gasteiger partial charge in [-0.05, 0) is 24.5 Å². The Bertz CT molecular complexity index is 550. The predicted octanol–water partition coefficient (Wildman–Crippen LogP) is 2.29. The van der Waals surface area contributed by atoms with E-state index in [1.807, 2.05) is 0 Å². The van der Waals surface area contributed by atoms with Gasteiger partial charge in [0.05, 0.1) is 0 Å². The third-order valence-electron chi connectivity index (χ3n) is 3.38. The minimum absolute atomic E-state index is 0.0811. The fourth-order valence-electron chi connectivity index (χ4n) is 2.32. The van der Waals surface area contributed by atoms with Crippen molar-refractivity contribution in [1.29, 1.82) is 0 Å². The number of benzene rings is 1. The van der Waals surface area contributed by atoms with E-state index < -0.39 is 29.7 Å². The molecule has 2 atom stereocenters. The number of hydrogen-bond donors (Lipinski definition) is 2. The zero-order valence-corrected chi connectivity index (χ0v) is 10.8. The molecule has 1 aromatic rings. The number of nitrogens with zero attached hydrogens (tertiary/aromatic N) is 1. The van der Waals surface area contributed by atoms with Gasteiger partial charge in [0.25, 0.3) is 0 Å². The Labute approximate surface area is 114 Å². The van der Waals surface area contributed by atoms with E-state index in [-0.39, 0.29) is 11.6 Å². The van der Waals surface area contributed by atoms with Gasteiger partial charge >= 0.3 is 12.0 Å². The summed E-state index contributed by atoms with van der Waals surface area (Å²) in [5, 5.41) is 11.5. The van der Waals surface area contributed by atoms with Crippen molar-refractivity contribution in [2.24, 2.45) is 5.92 Å². The highest BCUT2D eigenvalue weighted by Gasteiger charge is 2.39. The number of rotatable bonds is 2. The molecule has 2 unspecified atom stereocenters. The average Bonchev–Trinajstić information content (AvgIpc) is 2.76. The summed E-state index contributed by atoms with van der Waals surface area (Å²) < 4.78 is 25.8. The monoisotopic (exact) mass is 284 g/mol. The van der Waals surface area contributed by atoms with Gasteiger partial charge in [-0.1, -0.05) is 6.92 Å². The van der Waals surface area contributed by atoms with Gasteiger partial charge in [0.15, 0.2) is 11.6 Å². The molecule has 1 aliphatic rings. The van der Waals surface area contributed by atoms with Crippen LogP contribution in [-0.4, -0.2) is 34.6 Å². The summed E-state index contributed by atoms with van der Waals surface area (Å²) in [4.78, 5) is 24.3. The van der Waals surface area contributed by atoms with Crippen LogP contribution in [0.15, 0.2) is 18.2 Å². The summed E-state index contributed by atoms with van der Waals surface area (Å²) >= 11 is 0. The summed E-state index contributed by atoms with van der Waals surface area (Å²) in [5.41, 5.74) is 0.0811. The lowest BCUT2D eigenvalue weighted by atomic mass is 10.0. The number of carboxylic acids is 1. The van der Waals surface area contributed by atoms with Crippen LogP contribution in [0.5, 0.6) is 0 Å². The van der Waals surface area contributed by atoms with Gasteiger partial charge in [-0.3, -0.25) is 0 Å². The van der Waals surface area contributed by atoms with Gasteiger partial charge in [-0.2, -0.15) is 0 Å². The summed E-state index contributed by atoms with van der Waals surface area (Å²) in [7, 11) is 0. The second kappa shape index (κ2) is 5.44. The van der Waals surface area contributed by atoms with Crippen molar-refractivity contribution < 1.29 is 23.5 Å². The lowest BCUT2D eigenvalue weighted by Gasteiger charge is -2.23. The molecular formula is C13H14F2N2O3. The molecule has 1 heterocycles. The fraction of sp³-hybridized carbons (Fsp3) is 0.385. The number of anilines is 1. The summed E-state index contributed by atoms with van der Waals surface area (Å²) in [5.74, 6) is -3.31. The average molecular weight is 284 g/mol. The Kier molecular flexibility index (Phi) is 3.87. The Hall–Kier alpha value is -2.18. The van der Waals surface area contributed by atoms with Crippen LogP contribution in [0, 0.1) is 17.6 Å². The van der Waals surface area contributed by atoms with Crippen molar-refractivity contribution in [3.8, 4) is 0 Å². The molecular weight excluding hydrogens is 270 g/mol. The van der Waals surface area contributed by atoms with Gasteiger partial charge in [0.2, 0.25) is 0 Å². The molecule has 0 aliphatic carbocycles. The number of likely N-dealkylation sites (tertiary alicyclic amines) is 1. The highest BCUT2D eigenvalue weighted by molar-refractivity contribution is 5.92. The number of urea groups is 1. The van der Waals surface area contributed by atoms with Crippen molar-refractivity contribution in [3.05, 3.63) is 29.8 Å². The van der Waals surface area contributed by atoms with Crippen LogP contribution in [-0.2, 0) is 4.79 Å². The van der Waals surface area contributed by atoms with E-state index in [1.165, 1.54) is 11.0 Å². The van der Waals surface area contributed by atoms with E-state index in [9.17, 15) is 18.4 Å². The quantitative estimate of drug-likeness (QED) is 0.875. The topological polar surface area (TPSA) is 69.6 Å². The first kappa shape index (κ1) is 14.2. The highest BCUT2D eigenvalue weighted by Crippen LogP contribution is 2.25. The normalized spacial score (nSPS) is 21.9. The third-order valence-corrected chi connectivity index (χ3v) is 3.38. The van der Waals surface area contributed by atoms with Crippen molar-refractivity contribution in [3.63, 3.8) is 0 Å². The molecule has 0 spiro atoms. The van der Waals surface area contributed by atoms with Gasteiger partial charge in [0, 0.05) is 18.3 Å². The van der Waals surface area contributed by atoms with Crippen LogP contribution >= 0.6 is 0 Å². The maximum absolute atomic E-state index is 13.0. The molecule has 0 radical (unpaired) electrons. The largest absolute Gasteiger partial charge is 0.480 e. The van der Waals surface area contributed by atoms with Crippen LogP contribution in [0.1, 0.15) is 13.3 Å². The first-order chi connectivity index (χ1) is 9.40. The Morgan fingerprint density at radius 3 is 2.65 bits per heavy atom. The summed E-state index contributed by atoms with van der Waals surface area (Å²) in [6.07, 6.45) is 0.585. The zero-order valence-electron chi connectivity index (χ0n) is 10.8. The second-order valence-electron chi connectivity index (χ2n) is 4.80. The maximum Gasteiger partial charge on any atom is 0.326 e. The first-order valence-electron chi connectivity index (χ1n) is 6.15. The molecule has 1 aliphatic heterocycles. The van der Waals surface area contributed by atoms with Crippen molar-refractivity contribution >= 4 is 17.7 Å². The van der Waals surface area contributed by atoms with Crippen LogP contribution < -0.4 is 5.32 Å². The Balaban J connectivity index is 2.11. The van der Waals surface area contributed by atoms with Gasteiger partial charge in [0.1, 0.15) is 6.04 Å². The number of hydrogen-bond acceptors (Lipinski definition) is 2. The van der Waals surface area contributed by atoms with Crippen molar-refractivity contribution in [1.82, 2.24) is 4.90 Å². The standard InChI is InChI=1S/C13H14F2N2O3/c1-7-4-5-17(11(7)12(18)19)13(20)16-8-2-3-9(14)10(15)6-8/h2-3,6-7,11H,4-5H2,1H3,(H,16,20)(H,18,19). The zero-order chi connectivity index (χ0) is 14.9. The molecule has 2 amide bonds. The van der Waals surface area contributed by atoms with Crippen molar-refractivity contribution in [2.45, 2.75) is 19.4 Å². The van der Waals surface area contributed by atoms with Crippen LogP contribution in [0.25, 0.3) is 0 Å². The molecule has 1 aromatic carbocycles. The molecule has 0 aromatic heterocycles. The van der Waals surface area contributed by atoms with E-state index in [0.717, 1.165) is 12.1 Å². The maximum atomic E-state index is 13.0. The Morgan fingerprint density at radius 1 is 1.35 bits per heavy atom. The molecule has 1 saturated heterocycles. The molecule has 0 bridgehead atoms. The molecule has 108 valence electrons. The van der Waals surface area contributed by atoms with Crippen LogP contribution in [0.3, 0.4) is 0 Å². The SMILES string of the molecule is CC1CCN(C(=O)Nc2ccc(F)c(F)c2)C1C(=O)O. The third kappa shape index (κ3) is 2.71.